The number of amides is 3. The number of carbonyl (C=O) groups excluding carboxylic acids is 2. The molecule has 8 nitrogen and oxygen atoms in total. The van der Waals surface area contributed by atoms with E-state index in [0.717, 1.165) is 0 Å². The second-order valence-corrected chi connectivity index (χ2v) is 6.38. The fraction of sp³-hybridized carbons (Fsp3) is 0.500. The van der Waals surface area contributed by atoms with Gasteiger partial charge in [0.15, 0.2) is 0 Å². The van der Waals surface area contributed by atoms with Gasteiger partial charge in [0.2, 0.25) is 5.91 Å². The molecule has 1 aliphatic rings. The molecule has 2 unspecified atom stereocenters. The number of hydrogen-bond acceptors (Lipinski definition) is 4. The third-order valence-electron chi connectivity index (χ3n) is 4.55. The van der Waals surface area contributed by atoms with Crippen LogP contribution in [0.15, 0.2) is 24.3 Å². The maximum absolute atomic E-state index is 12.4. The summed E-state index contributed by atoms with van der Waals surface area (Å²) in [5.74, 6) is -0.837. The summed E-state index contributed by atoms with van der Waals surface area (Å²) in [6.07, 6.45) is 0.940. The number of nitrogens with zero attached hydrogens (tertiary/aromatic N) is 1. The van der Waals surface area contributed by atoms with Gasteiger partial charge in [-0.3, -0.25) is 9.59 Å². The Kier molecular flexibility index (Phi) is 6.82. The SMILES string of the molecule is CNC(=O)CCOc1ccc(NC(=O)N2CCC(C)C(C(=O)O)C2)cc1. The van der Waals surface area contributed by atoms with Crippen LogP contribution in [-0.2, 0) is 9.59 Å². The molecule has 2 rings (SSSR count). The van der Waals surface area contributed by atoms with Crippen molar-refractivity contribution in [3.63, 3.8) is 0 Å². The molecule has 1 aliphatic heterocycles. The van der Waals surface area contributed by atoms with Crippen molar-refractivity contribution < 1.29 is 24.2 Å². The lowest BCUT2D eigenvalue weighted by Crippen LogP contribution is -2.47. The van der Waals surface area contributed by atoms with Crippen molar-refractivity contribution in [1.82, 2.24) is 10.2 Å². The van der Waals surface area contributed by atoms with Crippen molar-refractivity contribution in [2.24, 2.45) is 11.8 Å². The summed E-state index contributed by atoms with van der Waals surface area (Å²) in [5, 5.41) is 14.5. The van der Waals surface area contributed by atoms with Crippen LogP contribution in [0.3, 0.4) is 0 Å². The quantitative estimate of drug-likeness (QED) is 0.714. The number of piperidine rings is 1. The number of carboxylic acid groups (broad SMARTS) is 1. The number of benzene rings is 1. The maximum atomic E-state index is 12.4. The van der Waals surface area contributed by atoms with E-state index in [-0.39, 0.29) is 37.4 Å². The Morgan fingerprint density at radius 1 is 1.27 bits per heavy atom. The number of carboxylic acids is 1. The highest BCUT2D eigenvalue weighted by molar-refractivity contribution is 5.89. The van der Waals surface area contributed by atoms with Crippen LogP contribution in [0.1, 0.15) is 19.8 Å². The first-order valence-corrected chi connectivity index (χ1v) is 8.63. The summed E-state index contributed by atoms with van der Waals surface area (Å²) < 4.78 is 5.46. The van der Waals surface area contributed by atoms with Gasteiger partial charge in [0.05, 0.1) is 18.9 Å². The average Bonchev–Trinajstić information content (AvgIpc) is 2.63. The molecule has 142 valence electrons. The second-order valence-electron chi connectivity index (χ2n) is 6.38. The fourth-order valence-corrected chi connectivity index (χ4v) is 2.80. The number of anilines is 1. The van der Waals surface area contributed by atoms with E-state index in [0.29, 0.717) is 24.4 Å². The van der Waals surface area contributed by atoms with Crippen LogP contribution in [0.25, 0.3) is 0 Å². The Morgan fingerprint density at radius 3 is 2.58 bits per heavy atom. The lowest BCUT2D eigenvalue weighted by Gasteiger charge is -2.34. The number of nitrogens with one attached hydrogen (secondary N) is 2. The molecule has 0 bridgehead atoms. The molecular weight excluding hydrogens is 338 g/mol. The zero-order valence-electron chi connectivity index (χ0n) is 15.0. The summed E-state index contributed by atoms with van der Waals surface area (Å²) in [7, 11) is 1.57. The number of urea groups is 1. The van der Waals surface area contributed by atoms with Gasteiger partial charge in [0, 0.05) is 25.8 Å². The van der Waals surface area contributed by atoms with E-state index in [1.807, 2.05) is 6.92 Å². The van der Waals surface area contributed by atoms with Crippen LogP contribution < -0.4 is 15.4 Å². The van der Waals surface area contributed by atoms with E-state index in [2.05, 4.69) is 10.6 Å². The number of aliphatic carboxylic acids is 1. The molecule has 8 heteroatoms. The van der Waals surface area contributed by atoms with Crippen molar-refractivity contribution in [2.45, 2.75) is 19.8 Å². The lowest BCUT2D eigenvalue weighted by atomic mass is 9.87. The number of likely N-dealkylation sites (tertiary alicyclic amines) is 1. The van der Waals surface area contributed by atoms with E-state index in [4.69, 9.17) is 4.74 Å². The van der Waals surface area contributed by atoms with Crippen LogP contribution in [0.2, 0.25) is 0 Å². The Labute approximate surface area is 152 Å². The normalized spacial score (nSPS) is 19.5. The van der Waals surface area contributed by atoms with Crippen molar-refractivity contribution in [1.29, 1.82) is 0 Å². The molecule has 1 aromatic rings. The van der Waals surface area contributed by atoms with Gasteiger partial charge in [-0.05, 0) is 36.6 Å². The third-order valence-corrected chi connectivity index (χ3v) is 4.55. The molecule has 1 fully saturated rings. The van der Waals surface area contributed by atoms with E-state index >= 15 is 0 Å². The minimum atomic E-state index is -0.867. The van der Waals surface area contributed by atoms with Crippen molar-refractivity contribution in [3.8, 4) is 5.75 Å². The van der Waals surface area contributed by atoms with E-state index in [1.165, 1.54) is 4.90 Å². The highest BCUT2D eigenvalue weighted by Gasteiger charge is 2.33. The van der Waals surface area contributed by atoms with E-state index in [1.54, 1.807) is 31.3 Å². The molecule has 3 amide bonds. The number of hydrogen-bond donors (Lipinski definition) is 3. The highest BCUT2D eigenvalue weighted by Crippen LogP contribution is 2.24. The predicted octanol–water partition coefficient (Wildman–Crippen LogP) is 1.78. The van der Waals surface area contributed by atoms with Crippen LogP contribution in [0.5, 0.6) is 5.75 Å². The van der Waals surface area contributed by atoms with Gasteiger partial charge in [0.25, 0.3) is 0 Å². The average molecular weight is 363 g/mol. The smallest absolute Gasteiger partial charge is 0.321 e. The molecule has 1 aromatic carbocycles. The van der Waals surface area contributed by atoms with Gasteiger partial charge in [-0.25, -0.2) is 4.79 Å². The van der Waals surface area contributed by atoms with Crippen LogP contribution in [0, 0.1) is 11.8 Å². The van der Waals surface area contributed by atoms with Crippen molar-refractivity contribution in [3.05, 3.63) is 24.3 Å². The summed E-state index contributed by atoms with van der Waals surface area (Å²) in [4.78, 5) is 36.3. The molecule has 0 saturated carbocycles. The third kappa shape index (κ3) is 5.37. The van der Waals surface area contributed by atoms with Gasteiger partial charge in [-0.15, -0.1) is 0 Å². The minimum Gasteiger partial charge on any atom is -0.493 e. The summed E-state index contributed by atoms with van der Waals surface area (Å²) in [5.41, 5.74) is 0.596. The van der Waals surface area contributed by atoms with E-state index < -0.39 is 11.9 Å². The molecule has 0 aliphatic carbocycles. The Morgan fingerprint density at radius 2 is 1.96 bits per heavy atom. The van der Waals surface area contributed by atoms with Crippen LogP contribution in [0.4, 0.5) is 10.5 Å². The number of rotatable bonds is 6. The Bertz CT molecular complexity index is 647. The molecule has 0 aromatic heterocycles. The first kappa shape index (κ1) is 19.6. The summed E-state index contributed by atoms with van der Waals surface area (Å²) >= 11 is 0. The summed E-state index contributed by atoms with van der Waals surface area (Å²) in [6, 6.07) is 6.51. The second kappa shape index (κ2) is 9.07. The Hall–Kier alpha value is -2.77. The molecule has 2 atom stereocenters. The predicted molar refractivity (Wildman–Crippen MR) is 96.1 cm³/mol. The zero-order valence-corrected chi connectivity index (χ0v) is 15.0. The standard InChI is InChI=1S/C18H25N3O5/c1-12-7-9-21(11-15(12)17(23)24)18(25)20-13-3-5-14(6-4-13)26-10-8-16(22)19-2/h3-6,12,15H,7-11H2,1-2H3,(H,19,22)(H,20,25)(H,23,24). The zero-order chi connectivity index (χ0) is 19.1. The van der Waals surface area contributed by atoms with Crippen molar-refractivity contribution >= 4 is 23.6 Å². The topological polar surface area (TPSA) is 108 Å². The number of carbonyl (C=O) groups is 3. The monoisotopic (exact) mass is 363 g/mol. The first-order valence-electron chi connectivity index (χ1n) is 8.63. The molecule has 3 N–H and O–H groups in total. The Balaban J connectivity index is 1.85. The van der Waals surface area contributed by atoms with Gasteiger partial charge < -0.3 is 25.4 Å². The maximum Gasteiger partial charge on any atom is 0.321 e. The highest BCUT2D eigenvalue weighted by atomic mass is 16.5. The molecule has 1 heterocycles. The van der Waals surface area contributed by atoms with Gasteiger partial charge in [-0.1, -0.05) is 6.92 Å². The molecule has 1 saturated heterocycles. The first-order chi connectivity index (χ1) is 12.4. The largest absolute Gasteiger partial charge is 0.493 e. The van der Waals surface area contributed by atoms with Crippen molar-refractivity contribution in [2.75, 3.05) is 32.1 Å². The van der Waals surface area contributed by atoms with Gasteiger partial charge in [-0.2, -0.15) is 0 Å². The lowest BCUT2D eigenvalue weighted by molar-refractivity contribution is -0.145. The van der Waals surface area contributed by atoms with E-state index in [9.17, 15) is 19.5 Å². The number of ether oxygens (including phenoxy) is 1. The molecular formula is C18H25N3O5. The van der Waals surface area contributed by atoms with Gasteiger partial charge in [0.1, 0.15) is 5.75 Å². The molecule has 26 heavy (non-hydrogen) atoms. The fourth-order valence-electron chi connectivity index (χ4n) is 2.80. The summed E-state index contributed by atoms with van der Waals surface area (Å²) in [6.45, 7) is 2.92. The molecule has 0 radical (unpaired) electrons. The van der Waals surface area contributed by atoms with Crippen LogP contribution >= 0.6 is 0 Å². The van der Waals surface area contributed by atoms with Crippen LogP contribution in [-0.4, -0.2) is 54.7 Å². The molecule has 0 spiro atoms. The minimum absolute atomic E-state index is 0.0581. The van der Waals surface area contributed by atoms with Gasteiger partial charge >= 0.3 is 12.0 Å².